The van der Waals surface area contributed by atoms with Crippen molar-refractivity contribution in [2.24, 2.45) is 11.3 Å². The van der Waals surface area contributed by atoms with E-state index in [4.69, 9.17) is 16.3 Å². The van der Waals surface area contributed by atoms with E-state index in [-0.39, 0.29) is 17.3 Å². The minimum atomic E-state index is -0.665. The van der Waals surface area contributed by atoms with Crippen LogP contribution in [0.4, 0.5) is 0 Å². The van der Waals surface area contributed by atoms with Crippen molar-refractivity contribution in [2.75, 3.05) is 7.11 Å². The van der Waals surface area contributed by atoms with E-state index in [0.717, 1.165) is 17.9 Å². The molecule has 4 unspecified atom stereocenters. The number of hydrogen-bond acceptors (Lipinski definition) is 3. The third kappa shape index (κ3) is 2.71. The topological polar surface area (TPSA) is 46.5 Å². The third-order valence-electron chi connectivity index (χ3n) is 6.70. The molecule has 2 aliphatic rings. The van der Waals surface area contributed by atoms with Crippen LogP contribution in [0.3, 0.4) is 0 Å². The molecule has 0 amide bonds. The Balaban J connectivity index is 2.15. The van der Waals surface area contributed by atoms with Crippen molar-refractivity contribution in [1.82, 2.24) is 0 Å². The van der Waals surface area contributed by atoms with Gasteiger partial charge in [-0.1, -0.05) is 44.5 Å². The molecule has 1 aromatic carbocycles. The Bertz CT molecular complexity index is 699. The number of rotatable bonds is 2. The van der Waals surface area contributed by atoms with Crippen LogP contribution in [0.2, 0.25) is 5.02 Å². The van der Waals surface area contributed by atoms with Crippen molar-refractivity contribution in [2.45, 2.75) is 70.8 Å². The molecule has 1 N–H and O–H groups in total. The van der Waals surface area contributed by atoms with Gasteiger partial charge in [0.15, 0.2) is 0 Å². The van der Waals surface area contributed by atoms with E-state index >= 15 is 0 Å². The number of esters is 1. The first-order valence-corrected chi connectivity index (χ1v) is 9.61. The molecule has 138 valence electrons. The van der Waals surface area contributed by atoms with Gasteiger partial charge >= 0.3 is 5.97 Å². The van der Waals surface area contributed by atoms with Gasteiger partial charge < -0.3 is 9.84 Å². The molecule has 1 saturated carbocycles. The maximum atomic E-state index is 12.6. The maximum absolute atomic E-state index is 12.6. The minimum Gasteiger partial charge on any atom is -0.469 e. The Morgan fingerprint density at radius 1 is 1.32 bits per heavy atom. The number of carbonyl (C=O) groups is 1. The van der Waals surface area contributed by atoms with Gasteiger partial charge in [0, 0.05) is 5.02 Å². The van der Waals surface area contributed by atoms with E-state index < -0.39 is 11.5 Å². The first-order chi connectivity index (χ1) is 11.6. The van der Waals surface area contributed by atoms with Crippen LogP contribution < -0.4 is 0 Å². The predicted octanol–water partition coefficient (Wildman–Crippen LogP) is 4.62. The van der Waals surface area contributed by atoms with Crippen molar-refractivity contribution < 1.29 is 14.6 Å². The number of halogens is 1. The molecule has 0 spiro atoms. The van der Waals surface area contributed by atoms with Gasteiger partial charge in [-0.2, -0.15) is 0 Å². The standard InChI is InChI=1S/C21H29ClO3/c1-12(2)14-6-8-16-15(18(14)22)7-9-17-20(16,3)10-13(23)11-21(17,4)19(24)25-5/h6,8,12-13,17,23H,7,9-11H2,1-5H3. The molecule has 0 saturated heterocycles. The van der Waals surface area contributed by atoms with E-state index in [2.05, 4.69) is 32.9 Å². The summed E-state index contributed by atoms with van der Waals surface area (Å²) >= 11 is 6.76. The van der Waals surface area contributed by atoms with Crippen molar-refractivity contribution in [3.8, 4) is 0 Å². The van der Waals surface area contributed by atoms with Gasteiger partial charge in [0.25, 0.3) is 0 Å². The highest BCUT2D eigenvalue weighted by atomic mass is 35.5. The third-order valence-corrected chi connectivity index (χ3v) is 7.15. The lowest BCUT2D eigenvalue weighted by atomic mass is 9.49. The fraction of sp³-hybridized carbons (Fsp3) is 0.667. The molecule has 4 heteroatoms. The van der Waals surface area contributed by atoms with Crippen LogP contribution in [0.15, 0.2) is 12.1 Å². The smallest absolute Gasteiger partial charge is 0.311 e. The molecular formula is C21H29ClO3. The van der Waals surface area contributed by atoms with Crippen molar-refractivity contribution in [3.63, 3.8) is 0 Å². The lowest BCUT2D eigenvalue weighted by Gasteiger charge is -2.55. The molecule has 1 aromatic rings. The first kappa shape index (κ1) is 18.7. The SMILES string of the molecule is COC(=O)C1(C)CC(O)CC2(C)c3ccc(C(C)C)c(Cl)c3CCC12. The summed E-state index contributed by atoms with van der Waals surface area (Å²) < 4.78 is 5.12. The number of ether oxygens (including phenoxy) is 1. The summed E-state index contributed by atoms with van der Waals surface area (Å²) in [5.41, 5.74) is 2.64. The zero-order valence-corrected chi connectivity index (χ0v) is 16.6. The largest absolute Gasteiger partial charge is 0.469 e. The number of aliphatic hydroxyl groups is 1. The van der Waals surface area contributed by atoms with Gasteiger partial charge in [0.05, 0.1) is 18.6 Å². The second kappa shape index (κ2) is 6.28. The second-order valence-electron chi connectivity index (χ2n) is 8.63. The van der Waals surface area contributed by atoms with E-state index in [1.165, 1.54) is 23.8 Å². The molecule has 4 atom stereocenters. The molecule has 0 heterocycles. The molecule has 25 heavy (non-hydrogen) atoms. The summed E-state index contributed by atoms with van der Waals surface area (Å²) in [4.78, 5) is 12.6. The Labute approximate surface area is 155 Å². The monoisotopic (exact) mass is 364 g/mol. The number of methoxy groups -OCH3 is 1. The minimum absolute atomic E-state index is 0.143. The molecular weight excluding hydrogens is 336 g/mol. The van der Waals surface area contributed by atoms with Gasteiger partial charge in [-0.05, 0) is 66.5 Å². The quantitative estimate of drug-likeness (QED) is 0.779. The van der Waals surface area contributed by atoms with E-state index in [9.17, 15) is 9.90 Å². The van der Waals surface area contributed by atoms with E-state index in [0.29, 0.717) is 18.8 Å². The number of benzene rings is 1. The second-order valence-corrected chi connectivity index (χ2v) is 9.01. The number of aliphatic hydroxyl groups excluding tert-OH is 1. The summed E-state index contributed by atoms with van der Waals surface area (Å²) in [5, 5.41) is 11.5. The van der Waals surface area contributed by atoms with Crippen LogP contribution in [-0.2, 0) is 21.4 Å². The Morgan fingerprint density at radius 3 is 2.60 bits per heavy atom. The highest BCUT2D eigenvalue weighted by Crippen LogP contribution is 2.58. The fourth-order valence-electron chi connectivity index (χ4n) is 5.59. The van der Waals surface area contributed by atoms with Crippen LogP contribution in [-0.4, -0.2) is 24.3 Å². The van der Waals surface area contributed by atoms with Crippen molar-refractivity contribution in [3.05, 3.63) is 33.8 Å². The predicted molar refractivity (Wildman–Crippen MR) is 100 cm³/mol. The number of fused-ring (bicyclic) bond motifs is 3. The Morgan fingerprint density at radius 2 is 2.00 bits per heavy atom. The molecule has 3 nitrogen and oxygen atoms in total. The van der Waals surface area contributed by atoms with Crippen LogP contribution in [0.1, 0.15) is 69.6 Å². The summed E-state index contributed by atoms with van der Waals surface area (Å²) in [6.07, 6.45) is 2.38. The maximum Gasteiger partial charge on any atom is 0.311 e. The van der Waals surface area contributed by atoms with Crippen LogP contribution in [0, 0.1) is 11.3 Å². The average Bonchev–Trinajstić information content (AvgIpc) is 2.53. The highest BCUT2D eigenvalue weighted by molar-refractivity contribution is 6.32. The Kier molecular flexibility index (Phi) is 4.70. The molecule has 2 aliphatic carbocycles. The van der Waals surface area contributed by atoms with Gasteiger partial charge in [-0.3, -0.25) is 4.79 Å². The lowest BCUT2D eigenvalue weighted by Crippen LogP contribution is -2.56. The molecule has 3 rings (SSSR count). The average molecular weight is 365 g/mol. The Hall–Kier alpha value is -1.06. The van der Waals surface area contributed by atoms with Crippen LogP contribution in [0.25, 0.3) is 0 Å². The molecule has 0 radical (unpaired) electrons. The fourth-order valence-corrected chi connectivity index (χ4v) is 6.06. The van der Waals surface area contributed by atoms with E-state index in [1.54, 1.807) is 0 Å². The van der Waals surface area contributed by atoms with Gasteiger partial charge in [0.1, 0.15) is 0 Å². The van der Waals surface area contributed by atoms with Gasteiger partial charge in [-0.15, -0.1) is 0 Å². The summed E-state index contributed by atoms with van der Waals surface area (Å²) in [6.45, 7) is 8.45. The summed E-state index contributed by atoms with van der Waals surface area (Å²) in [7, 11) is 1.44. The summed E-state index contributed by atoms with van der Waals surface area (Å²) in [5.74, 6) is 0.306. The zero-order chi connectivity index (χ0) is 18.6. The normalized spacial score (nSPS) is 34.4. The molecule has 0 aliphatic heterocycles. The molecule has 0 bridgehead atoms. The summed E-state index contributed by atoms with van der Waals surface area (Å²) in [6, 6.07) is 4.30. The highest BCUT2D eigenvalue weighted by Gasteiger charge is 2.58. The number of hydrogen-bond donors (Lipinski definition) is 1. The van der Waals surface area contributed by atoms with Crippen LogP contribution in [0.5, 0.6) is 0 Å². The van der Waals surface area contributed by atoms with Crippen LogP contribution >= 0.6 is 11.6 Å². The first-order valence-electron chi connectivity index (χ1n) is 9.23. The molecule has 0 aromatic heterocycles. The van der Waals surface area contributed by atoms with Crippen molar-refractivity contribution in [1.29, 1.82) is 0 Å². The zero-order valence-electron chi connectivity index (χ0n) is 15.9. The van der Waals surface area contributed by atoms with E-state index in [1.807, 2.05) is 6.92 Å². The van der Waals surface area contributed by atoms with Crippen molar-refractivity contribution >= 4 is 17.6 Å². The molecule has 1 fully saturated rings. The number of carbonyl (C=O) groups excluding carboxylic acids is 1. The van der Waals surface area contributed by atoms with Gasteiger partial charge in [0.2, 0.25) is 0 Å². The lowest BCUT2D eigenvalue weighted by molar-refractivity contribution is -0.166. The van der Waals surface area contributed by atoms with Gasteiger partial charge in [-0.25, -0.2) is 0 Å².